The van der Waals surface area contributed by atoms with Crippen LogP contribution in [-0.2, 0) is 10.3 Å². The summed E-state index contributed by atoms with van der Waals surface area (Å²) in [4.78, 5) is 15.4. The van der Waals surface area contributed by atoms with Crippen LogP contribution in [0.2, 0.25) is 0 Å². The summed E-state index contributed by atoms with van der Waals surface area (Å²) in [5.74, 6) is 1.60. The Bertz CT molecular complexity index is 1590. The zero-order valence-electron chi connectivity index (χ0n) is 23.3. The van der Waals surface area contributed by atoms with Gasteiger partial charge >= 0.3 is 5.97 Å². The molecule has 2 aliphatic heterocycles. The number of anilines is 3. The van der Waals surface area contributed by atoms with Gasteiger partial charge in [0.05, 0.1) is 11.1 Å². The average molecular weight is 519 g/mol. The van der Waals surface area contributed by atoms with Gasteiger partial charge in [-0.05, 0) is 65.4 Å². The van der Waals surface area contributed by atoms with Crippen LogP contribution in [0, 0.1) is 0 Å². The average Bonchev–Trinajstić information content (AvgIpc) is 3.20. The molecule has 39 heavy (non-hydrogen) atoms. The van der Waals surface area contributed by atoms with Gasteiger partial charge in [0.1, 0.15) is 11.5 Å². The number of nitrogens with zero attached hydrogens (tertiary/aromatic N) is 1. The monoisotopic (exact) mass is 518 g/mol. The minimum atomic E-state index is -1.08. The summed E-state index contributed by atoms with van der Waals surface area (Å²) in [7, 11) is 4.06. The fourth-order valence-corrected chi connectivity index (χ4v) is 5.86. The molecule has 2 aliphatic rings. The van der Waals surface area contributed by atoms with E-state index in [-0.39, 0.29) is 17.8 Å². The third kappa shape index (κ3) is 3.87. The standard InChI is InChI=1S/C34H34N2O3/c1-20(2)25-16-17-26(21(3)4)32-31(25)34(28-10-8-7-9-27(28)33(37)39-34)29-18-13-23(19-30(29)38-32)35-22-11-14-24(15-12-22)36(5)6/h7-21,35H,1-6H3. The number of rotatable bonds is 5. The molecular weight excluding hydrogens is 484 g/mol. The Morgan fingerprint density at radius 2 is 1.44 bits per heavy atom. The van der Waals surface area contributed by atoms with Crippen molar-refractivity contribution in [3.63, 3.8) is 0 Å². The van der Waals surface area contributed by atoms with Crippen molar-refractivity contribution in [1.29, 1.82) is 0 Å². The molecule has 1 atom stereocenters. The van der Waals surface area contributed by atoms with E-state index in [9.17, 15) is 4.79 Å². The van der Waals surface area contributed by atoms with Gasteiger partial charge in [-0.1, -0.05) is 58.0 Å². The van der Waals surface area contributed by atoms with Gasteiger partial charge in [-0.2, -0.15) is 0 Å². The summed E-state index contributed by atoms with van der Waals surface area (Å²) in [6.07, 6.45) is 0. The van der Waals surface area contributed by atoms with Crippen LogP contribution in [0.5, 0.6) is 11.5 Å². The van der Waals surface area contributed by atoms with Crippen molar-refractivity contribution in [1.82, 2.24) is 0 Å². The van der Waals surface area contributed by atoms with Crippen LogP contribution in [-0.4, -0.2) is 20.1 Å². The van der Waals surface area contributed by atoms with E-state index >= 15 is 0 Å². The first-order valence-corrected chi connectivity index (χ1v) is 13.6. The lowest BCUT2D eigenvalue weighted by atomic mass is 9.73. The van der Waals surface area contributed by atoms with E-state index < -0.39 is 5.60 Å². The summed E-state index contributed by atoms with van der Waals surface area (Å²) in [6, 6.07) is 26.5. The summed E-state index contributed by atoms with van der Waals surface area (Å²) < 4.78 is 13.3. The van der Waals surface area contributed by atoms with E-state index in [1.807, 2.05) is 56.6 Å². The maximum atomic E-state index is 13.4. The van der Waals surface area contributed by atoms with Gasteiger partial charge < -0.3 is 19.7 Å². The smallest absolute Gasteiger partial charge is 0.340 e. The van der Waals surface area contributed by atoms with Crippen LogP contribution in [0.25, 0.3) is 0 Å². The Balaban J connectivity index is 1.56. The highest BCUT2D eigenvalue weighted by Gasteiger charge is 2.55. The number of carbonyl (C=O) groups excluding carboxylic acids is 1. The van der Waals surface area contributed by atoms with E-state index in [1.165, 1.54) is 0 Å². The Labute approximate surface area is 230 Å². The van der Waals surface area contributed by atoms with Gasteiger partial charge in [0.2, 0.25) is 0 Å². The molecule has 1 N–H and O–H groups in total. The van der Waals surface area contributed by atoms with Gasteiger partial charge in [0, 0.05) is 48.4 Å². The van der Waals surface area contributed by atoms with Gasteiger partial charge in [0.15, 0.2) is 5.60 Å². The topological polar surface area (TPSA) is 50.8 Å². The lowest BCUT2D eigenvalue weighted by Crippen LogP contribution is -2.35. The number of hydrogen-bond acceptors (Lipinski definition) is 5. The molecule has 5 heteroatoms. The van der Waals surface area contributed by atoms with Crippen molar-refractivity contribution in [3.8, 4) is 11.5 Å². The molecule has 6 rings (SSSR count). The molecule has 0 amide bonds. The second-order valence-electron chi connectivity index (χ2n) is 11.3. The van der Waals surface area contributed by atoms with Crippen molar-refractivity contribution < 1.29 is 14.3 Å². The predicted molar refractivity (Wildman–Crippen MR) is 157 cm³/mol. The van der Waals surface area contributed by atoms with E-state index in [0.29, 0.717) is 11.3 Å². The van der Waals surface area contributed by atoms with Crippen LogP contribution in [0.1, 0.15) is 77.7 Å². The molecule has 5 nitrogen and oxygen atoms in total. The van der Waals surface area contributed by atoms with Gasteiger partial charge in [-0.15, -0.1) is 0 Å². The molecule has 1 spiro atoms. The first kappa shape index (κ1) is 25.1. The zero-order valence-corrected chi connectivity index (χ0v) is 23.3. The first-order valence-electron chi connectivity index (χ1n) is 13.6. The van der Waals surface area contributed by atoms with E-state index in [1.54, 1.807) is 0 Å². The number of ether oxygens (including phenoxy) is 2. The Morgan fingerprint density at radius 3 is 2.13 bits per heavy atom. The predicted octanol–water partition coefficient (Wildman–Crippen LogP) is 8.31. The molecule has 4 aromatic rings. The number of fused-ring (bicyclic) bond motifs is 6. The molecule has 0 bridgehead atoms. The van der Waals surface area contributed by atoms with Crippen molar-refractivity contribution in [2.45, 2.75) is 45.1 Å². The Kier molecular flexibility index (Phi) is 5.91. The summed E-state index contributed by atoms with van der Waals surface area (Å²) in [5, 5.41) is 3.51. The summed E-state index contributed by atoms with van der Waals surface area (Å²) >= 11 is 0. The minimum absolute atomic E-state index is 0.208. The number of esters is 1. The van der Waals surface area contributed by atoms with E-state index in [0.717, 1.165) is 50.6 Å². The molecule has 0 aliphatic carbocycles. The normalized spacial score (nSPS) is 17.0. The van der Waals surface area contributed by atoms with Crippen molar-refractivity contribution in [3.05, 3.63) is 112 Å². The molecule has 0 radical (unpaired) electrons. The molecule has 0 saturated heterocycles. The largest absolute Gasteiger partial charge is 0.456 e. The van der Waals surface area contributed by atoms with Crippen molar-refractivity contribution >= 4 is 23.0 Å². The highest BCUT2D eigenvalue weighted by Crippen LogP contribution is 2.59. The maximum Gasteiger partial charge on any atom is 0.340 e. The zero-order chi connectivity index (χ0) is 27.5. The number of nitrogens with one attached hydrogen (secondary N) is 1. The van der Waals surface area contributed by atoms with Gasteiger partial charge in [-0.25, -0.2) is 4.79 Å². The molecule has 1 unspecified atom stereocenters. The van der Waals surface area contributed by atoms with Gasteiger partial charge in [-0.3, -0.25) is 0 Å². The molecule has 0 aromatic heterocycles. The molecule has 0 saturated carbocycles. The Morgan fingerprint density at radius 1 is 0.769 bits per heavy atom. The second-order valence-corrected chi connectivity index (χ2v) is 11.3. The lowest BCUT2D eigenvalue weighted by Gasteiger charge is -2.40. The van der Waals surface area contributed by atoms with E-state index in [2.05, 4.69) is 74.3 Å². The molecule has 0 fully saturated rings. The highest BCUT2D eigenvalue weighted by atomic mass is 16.6. The van der Waals surface area contributed by atoms with Crippen molar-refractivity contribution in [2.75, 3.05) is 24.3 Å². The van der Waals surface area contributed by atoms with Crippen LogP contribution >= 0.6 is 0 Å². The SMILES string of the molecule is CC(C)c1ccc(C(C)C)c2c1Oc1cc(Nc3ccc(N(C)C)cc3)ccc1C21OC(=O)c2ccccc21. The fraction of sp³-hybridized carbons (Fsp3) is 0.265. The second kappa shape index (κ2) is 9.19. The third-order valence-electron chi connectivity index (χ3n) is 7.83. The number of benzene rings is 4. The maximum absolute atomic E-state index is 13.4. The first-order chi connectivity index (χ1) is 18.7. The summed E-state index contributed by atoms with van der Waals surface area (Å²) in [5.41, 5.74) is 7.39. The quantitative estimate of drug-likeness (QED) is 0.269. The molecular formula is C34H34N2O3. The Hall–Kier alpha value is -4.25. The summed E-state index contributed by atoms with van der Waals surface area (Å²) in [6.45, 7) is 8.68. The molecule has 4 aromatic carbocycles. The molecule has 198 valence electrons. The van der Waals surface area contributed by atoms with Crippen LogP contribution in [0.3, 0.4) is 0 Å². The number of hydrogen-bond donors (Lipinski definition) is 1. The van der Waals surface area contributed by atoms with Crippen molar-refractivity contribution in [2.24, 2.45) is 0 Å². The number of carbonyl (C=O) groups is 1. The van der Waals surface area contributed by atoms with Gasteiger partial charge in [0.25, 0.3) is 0 Å². The van der Waals surface area contributed by atoms with E-state index in [4.69, 9.17) is 9.47 Å². The fourth-order valence-electron chi connectivity index (χ4n) is 5.86. The third-order valence-corrected chi connectivity index (χ3v) is 7.83. The molecule has 2 heterocycles. The highest BCUT2D eigenvalue weighted by molar-refractivity contribution is 5.97. The van der Waals surface area contributed by atoms with Crippen LogP contribution in [0.15, 0.2) is 78.9 Å². The van der Waals surface area contributed by atoms with Crippen LogP contribution < -0.4 is 15.0 Å². The van der Waals surface area contributed by atoms with Crippen LogP contribution in [0.4, 0.5) is 17.1 Å². The minimum Gasteiger partial charge on any atom is -0.456 e. The lowest BCUT2D eigenvalue weighted by molar-refractivity contribution is 0.0220.